The summed E-state index contributed by atoms with van der Waals surface area (Å²) < 4.78 is 2.04. The molecule has 2 N–H and O–H groups in total. The number of nitrogens with zero attached hydrogens (tertiary/aromatic N) is 3. The molecule has 0 fully saturated rings. The van der Waals surface area contributed by atoms with Gasteiger partial charge in [0.15, 0.2) is 0 Å². The molecule has 4 nitrogen and oxygen atoms in total. The number of hydrogen-bond donors (Lipinski definition) is 1. The van der Waals surface area contributed by atoms with Gasteiger partial charge in [-0.1, -0.05) is 6.92 Å². The Morgan fingerprint density at radius 1 is 1.47 bits per heavy atom. The average Bonchev–Trinajstić information content (AvgIpc) is 2.87. The van der Waals surface area contributed by atoms with Crippen molar-refractivity contribution in [2.45, 2.75) is 26.4 Å². The first-order valence-electron chi connectivity index (χ1n) is 4.96. The number of aryl methyl sites for hydroxylation is 1. The van der Waals surface area contributed by atoms with Crippen LogP contribution >= 0.6 is 11.3 Å². The molecule has 80 valence electrons. The number of thiazole rings is 1. The lowest BCUT2D eigenvalue weighted by Gasteiger charge is -2.02. The van der Waals surface area contributed by atoms with Crippen molar-refractivity contribution in [3.63, 3.8) is 0 Å². The molecular formula is C10H14N4S. The maximum absolute atomic E-state index is 5.60. The molecule has 0 spiro atoms. The van der Waals surface area contributed by atoms with Crippen LogP contribution in [0, 0.1) is 0 Å². The molecule has 0 atom stereocenters. The highest BCUT2D eigenvalue weighted by Crippen LogP contribution is 2.15. The zero-order chi connectivity index (χ0) is 10.7. The van der Waals surface area contributed by atoms with E-state index < -0.39 is 0 Å². The number of rotatable bonds is 4. The van der Waals surface area contributed by atoms with Crippen LogP contribution in [0.25, 0.3) is 0 Å². The fourth-order valence-electron chi connectivity index (χ4n) is 1.39. The summed E-state index contributed by atoms with van der Waals surface area (Å²) in [5, 5.41) is 1.11. The molecule has 0 saturated carbocycles. The van der Waals surface area contributed by atoms with Crippen molar-refractivity contribution in [3.05, 3.63) is 34.3 Å². The second-order valence-corrected chi connectivity index (χ2v) is 4.49. The van der Waals surface area contributed by atoms with E-state index in [-0.39, 0.29) is 0 Å². The van der Waals surface area contributed by atoms with E-state index in [0.29, 0.717) is 6.54 Å². The first kappa shape index (κ1) is 10.3. The van der Waals surface area contributed by atoms with E-state index in [0.717, 1.165) is 23.7 Å². The zero-order valence-corrected chi connectivity index (χ0v) is 9.50. The molecule has 0 amide bonds. The summed E-state index contributed by atoms with van der Waals surface area (Å²) in [5.74, 6) is 0. The molecule has 0 aliphatic heterocycles. The van der Waals surface area contributed by atoms with Gasteiger partial charge in [-0.3, -0.25) is 0 Å². The van der Waals surface area contributed by atoms with E-state index in [1.165, 1.54) is 4.88 Å². The molecule has 2 rings (SSSR count). The standard InChI is InChI=1S/C10H14N4S/c1-2-9-5-13-10(15-9)6-14-7-12-4-8(14)3-11/h4-5,7H,2-3,6,11H2,1H3. The molecule has 0 aliphatic rings. The van der Waals surface area contributed by atoms with Crippen LogP contribution in [0.1, 0.15) is 22.5 Å². The molecule has 0 aromatic carbocycles. The Balaban J connectivity index is 2.14. The summed E-state index contributed by atoms with van der Waals surface area (Å²) in [6, 6.07) is 0. The van der Waals surface area contributed by atoms with Crippen molar-refractivity contribution in [1.29, 1.82) is 0 Å². The van der Waals surface area contributed by atoms with Gasteiger partial charge in [-0.25, -0.2) is 9.97 Å². The molecule has 0 radical (unpaired) electrons. The summed E-state index contributed by atoms with van der Waals surface area (Å²) >= 11 is 1.75. The highest BCUT2D eigenvalue weighted by molar-refractivity contribution is 7.11. The molecule has 5 heteroatoms. The Labute approximate surface area is 92.8 Å². The topological polar surface area (TPSA) is 56.7 Å². The molecular weight excluding hydrogens is 208 g/mol. The van der Waals surface area contributed by atoms with Crippen LogP contribution in [0.3, 0.4) is 0 Å². The van der Waals surface area contributed by atoms with Crippen molar-refractivity contribution in [1.82, 2.24) is 14.5 Å². The molecule has 2 heterocycles. The molecule has 2 aromatic heterocycles. The van der Waals surface area contributed by atoms with E-state index in [9.17, 15) is 0 Å². The van der Waals surface area contributed by atoms with Crippen LogP contribution in [0.2, 0.25) is 0 Å². The second-order valence-electron chi connectivity index (χ2n) is 3.29. The third-order valence-corrected chi connectivity index (χ3v) is 3.39. The minimum Gasteiger partial charge on any atom is -0.326 e. The van der Waals surface area contributed by atoms with Crippen molar-refractivity contribution in [2.24, 2.45) is 5.73 Å². The van der Waals surface area contributed by atoms with Gasteiger partial charge in [-0.2, -0.15) is 0 Å². The Kier molecular flexibility index (Phi) is 3.13. The van der Waals surface area contributed by atoms with Gasteiger partial charge in [0.05, 0.1) is 18.6 Å². The summed E-state index contributed by atoms with van der Waals surface area (Å²) in [5.41, 5.74) is 6.65. The highest BCUT2D eigenvalue weighted by Gasteiger charge is 2.04. The van der Waals surface area contributed by atoms with Crippen LogP contribution in [0.15, 0.2) is 18.7 Å². The predicted octanol–water partition coefficient (Wildman–Crippen LogP) is 1.41. The first-order valence-corrected chi connectivity index (χ1v) is 5.77. The van der Waals surface area contributed by atoms with Gasteiger partial charge < -0.3 is 10.3 Å². The van der Waals surface area contributed by atoms with E-state index in [2.05, 4.69) is 16.9 Å². The minimum absolute atomic E-state index is 0.520. The van der Waals surface area contributed by atoms with E-state index in [1.54, 1.807) is 23.9 Å². The molecule has 0 aliphatic carbocycles. The third kappa shape index (κ3) is 2.24. The summed E-state index contributed by atoms with van der Waals surface area (Å²) in [4.78, 5) is 9.76. The fraction of sp³-hybridized carbons (Fsp3) is 0.400. The SMILES string of the molecule is CCc1cnc(Cn2cncc2CN)s1. The van der Waals surface area contributed by atoms with Crippen LogP contribution < -0.4 is 5.73 Å². The summed E-state index contributed by atoms with van der Waals surface area (Å²) in [7, 11) is 0. The Bertz CT molecular complexity index is 432. The van der Waals surface area contributed by atoms with Gasteiger partial charge in [-0.05, 0) is 6.42 Å². The highest BCUT2D eigenvalue weighted by atomic mass is 32.1. The Morgan fingerprint density at radius 3 is 3.00 bits per heavy atom. The Morgan fingerprint density at radius 2 is 2.33 bits per heavy atom. The van der Waals surface area contributed by atoms with Gasteiger partial charge in [0.25, 0.3) is 0 Å². The van der Waals surface area contributed by atoms with Crippen LogP contribution in [0.5, 0.6) is 0 Å². The lowest BCUT2D eigenvalue weighted by atomic mass is 10.4. The molecule has 15 heavy (non-hydrogen) atoms. The van der Waals surface area contributed by atoms with E-state index in [4.69, 9.17) is 5.73 Å². The summed E-state index contributed by atoms with van der Waals surface area (Å²) in [6.07, 6.45) is 6.59. The normalized spacial score (nSPS) is 10.8. The van der Waals surface area contributed by atoms with Crippen molar-refractivity contribution in [2.75, 3.05) is 0 Å². The second kappa shape index (κ2) is 4.55. The smallest absolute Gasteiger partial charge is 0.113 e. The van der Waals surface area contributed by atoms with Crippen molar-refractivity contribution < 1.29 is 0 Å². The average molecular weight is 222 g/mol. The summed E-state index contributed by atoms with van der Waals surface area (Å²) in [6.45, 7) is 3.43. The van der Waals surface area contributed by atoms with Gasteiger partial charge in [0.2, 0.25) is 0 Å². The Hall–Kier alpha value is -1.20. The van der Waals surface area contributed by atoms with E-state index >= 15 is 0 Å². The lowest BCUT2D eigenvalue weighted by Crippen LogP contribution is -2.07. The monoisotopic (exact) mass is 222 g/mol. The number of imidazole rings is 1. The third-order valence-electron chi connectivity index (χ3n) is 2.26. The van der Waals surface area contributed by atoms with Gasteiger partial charge >= 0.3 is 0 Å². The van der Waals surface area contributed by atoms with Gasteiger partial charge in [0, 0.05) is 23.8 Å². The van der Waals surface area contributed by atoms with Crippen LogP contribution in [0.4, 0.5) is 0 Å². The largest absolute Gasteiger partial charge is 0.326 e. The van der Waals surface area contributed by atoms with Crippen LogP contribution in [-0.4, -0.2) is 14.5 Å². The molecule has 0 unspecified atom stereocenters. The maximum Gasteiger partial charge on any atom is 0.113 e. The van der Waals surface area contributed by atoms with Crippen molar-refractivity contribution in [3.8, 4) is 0 Å². The molecule has 2 aromatic rings. The quantitative estimate of drug-likeness (QED) is 0.851. The predicted molar refractivity (Wildman–Crippen MR) is 60.7 cm³/mol. The molecule has 0 saturated heterocycles. The van der Waals surface area contributed by atoms with Crippen LogP contribution in [-0.2, 0) is 19.5 Å². The first-order chi connectivity index (χ1) is 7.33. The van der Waals surface area contributed by atoms with E-state index in [1.807, 2.05) is 10.8 Å². The van der Waals surface area contributed by atoms with Gasteiger partial charge in [-0.15, -0.1) is 11.3 Å². The number of hydrogen-bond acceptors (Lipinski definition) is 4. The molecule has 0 bridgehead atoms. The number of nitrogens with two attached hydrogens (primary N) is 1. The zero-order valence-electron chi connectivity index (χ0n) is 8.68. The fourth-order valence-corrected chi connectivity index (χ4v) is 2.25. The minimum atomic E-state index is 0.520. The van der Waals surface area contributed by atoms with Gasteiger partial charge in [0.1, 0.15) is 5.01 Å². The van der Waals surface area contributed by atoms with Crippen molar-refractivity contribution >= 4 is 11.3 Å². The maximum atomic E-state index is 5.60. The lowest BCUT2D eigenvalue weighted by molar-refractivity contribution is 0.735. The number of aromatic nitrogens is 3.